The molecule has 0 saturated heterocycles. The van der Waals surface area contributed by atoms with Crippen LogP contribution in [-0.2, 0) is 16.0 Å². The molecular formula is C16H14Cl2O3. The molecule has 0 aromatic heterocycles. The van der Waals surface area contributed by atoms with Crippen molar-refractivity contribution in [2.45, 2.75) is 12.5 Å². The largest absolute Gasteiger partial charge is 0.478 e. The average Bonchev–Trinajstić information content (AvgIpc) is 2.46. The maximum absolute atomic E-state index is 11.9. The van der Waals surface area contributed by atoms with Gasteiger partial charge in [-0.15, -0.1) is 0 Å². The molecule has 0 fully saturated rings. The van der Waals surface area contributed by atoms with Crippen molar-refractivity contribution in [3.8, 4) is 5.75 Å². The number of methoxy groups -OCH3 is 1. The van der Waals surface area contributed by atoms with Crippen LogP contribution in [0.2, 0.25) is 10.0 Å². The first kappa shape index (κ1) is 15.7. The van der Waals surface area contributed by atoms with E-state index in [1.54, 1.807) is 18.2 Å². The van der Waals surface area contributed by atoms with Crippen LogP contribution < -0.4 is 4.74 Å². The van der Waals surface area contributed by atoms with E-state index in [0.29, 0.717) is 22.2 Å². The average molecular weight is 325 g/mol. The third-order valence-electron chi connectivity index (χ3n) is 2.84. The molecule has 0 aliphatic carbocycles. The minimum absolute atomic E-state index is 0.400. The van der Waals surface area contributed by atoms with Crippen LogP contribution in [0.15, 0.2) is 48.5 Å². The molecule has 5 heteroatoms. The highest BCUT2D eigenvalue weighted by Crippen LogP contribution is 2.25. The number of carbonyl (C=O) groups is 1. The molecule has 0 bridgehead atoms. The summed E-state index contributed by atoms with van der Waals surface area (Å²) < 4.78 is 10.5. The van der Waals surface area contributed by atoms with Gasteiger partial charge in [-0.25, -0.2) is 4.79 Å². The quantitative estimate of drug-likeness (QED) is 0.775. The van der Waals surface area contributed by atoms with Gasteiger partial charge in [0.05, 0.1) is 7.11 Å². The summed E-state index contributed by atoms with van der Waals surface area (Å²) in [7, 11) is 1.33. The summed E-state index contributed by atoms with van der Waals surface area (Å²) in [4.78, 5) is 11.9. The van der Waals surface area contributed by atoms with Crippen LogP contribution in [0.5, 0.6) is 5.75 Å². The molecule has 0 spiro atoms. The fourth-order valence-corrected chi connectivity index (χ4v) is 2.40. The number of benzene rings is 2. The third kappa shape index (κ3) is 4.66. The Balaban J connectivity index is 2.18. The van der Waals surface area contributed by atoms with E-state index < -0.39 is 12.1 Å². The molecule has 2 aromatic rings. The van der Waals surface area contributed by atoms with E-state index >= 15 is 0 Å². The maximum atomic E-state index is 11.9. The highest BCUT2D eigenvalue weighted by atomic mass is 35.5. The number of esters is 1. The number of carbonyl (C=O) groups excluding carboxylic acids is 1. The first-order valence-electron chi connectivity index (χ1n) is 6.33. The number of hydrogen-bond acceptors (Lipinski definition) is 3. The summed E-state index contributed by atoms with van der Waals surface area (Å²) in [5, 5.41) is 0.890. The van der Waals surface area contributed by atoms with E-state index in [4.69, 9.17) is 32.7 Å². The normalized spacial score (nSPS) is 11.8. The van der Waals surface area contributed by atoms with Gasteiger partial charge in [0.2, 0.25) is 0 Å². The molecular weight excluding hydrogens is 311 g/mol. The second kappa shape index (κ2) is 7.34. The second-order valence-corrected chi connectivity index (χ2v) is 5.30. The zero-order valence-corrected chi connectivity index (χ0v) is 12.9. The van der Waals surface area contributed by atoms with Crippen molar-refractivity contribution in [1.29, 1.82) is 0 Å². The highest BCUT2D eigenvalue weighted by molar-refractivity contribution is 6.34. The first-order valence-corrected chi connectivity index (χ1v) is 7.08. The minimum Gasteiger partial charge on any atom is -0.478 e. The minimum atomic E-state index is -0.757. The van der Waals surface area contributed by atoms with Crippen LogP contribution in [-0.4, -0.2) is 19.2 Å². The molecule has 21 heavy (non-hydrogen) atoms. The van der Waals surface area contributed by atoms with Gasteiger partial charge in [0.1, 0.15) is 5.75 Å². The Morgan fingerprint density at radius 1 is 1.10 bits per heavy atom. The van der Waals surface area contributed by atoms with Crippen molar-refractivity contribution in [2.24, 2.45) is 0 Å². The van der Waals surface area contributed by atoms with Gasteiger partial charge < -0.3 is 9.47 Å². The molecule has 0 heterocycles. The molecule has 1 unspecified atom stereocenters. The maximum Gasteiger partial charge on any atom is 0.347 e. The highest BCUT2D eigenvalue weighted by Gasteiger charge is 2.22. The molecule has 3 nitrogen and oxygen atoms in total. The van der Waals surface area contributed by atoms with Crippen LogP contribution >= 0.6 is 23.2 Å². The second-order valence-electron chi connectivity index (χ2n) is 4.42. The van der Waals surface area contributed by atoms with Crippen molar-refractivity contribution in [3.05, 3.63) is 64.1 Å². The van der Waals surface area contributed by atoms with Crippen LogP contribution in [0.3, 0.4) is 0 Å². The van der Waals surface area contributed by atoms with E-state index in [-0.39, 0.29) is 0 Å². The van der Waals surface area contributed by atoms with E-state index in [0.717, 1.165) is 5.56 Å². The molecule has 0 N–H and O–H groups in total. The Labute approximate surface area is 133 Å². The Morgan fingerprint density at radius 2 is 1.71 bits per heavy atom. The zero-order valence-electron chi connectivity index (χ0n) is 11.4. The standard InChI is InChI=1S/C16H14Cl2O3/c1-20-16(19)15(7-11-5-3-2-4-6-11)21-14-9-12(17)8-13(18)10-14/h2-6,8-10,15H,7H2,1H3. The molecule has 0 aliphatic heterocycles. The van der Waals surface area contributed by atoms with E-state index in [2.05, 4.69) is 0 Å². The lowest BCUT2D eigenvalue weighted by Gasteiger charge is -2.17. The van der Waals surface area contributed by atoms with Gasteiger partial charge in [-0.3, -0.25) is 0 Å². The SMILES string of the molecule is COC(=O)C(Cc1ccccc1)Oc1cc(Cl)cc(Cl)c1. The van der Waals surface area contributed by atoms with Gasteiger partial charge in [-0.2, -0.15) is 0 Å². The van der Waals surface area contributed by atoms with Gasteiger partial charge in [0.15, 0.2) is 6.10 Å². The fraction of sp³-hybridized carbons (Fsp3) is 0.188. The fourth-order valence-electron chi connectivity index (χ4n) is 1.89. The predicted molar refractivity (Wildman–Crippen MR) is 83.0 cm³/mol. The summed E-state index contributed by atoms with van der Waals surface area (Å²) in [6.45, 7) is 0. The number of rotatable bonds is 5. The summed E-state index contributed by atoms with van der Waals surface area (Å²) in [5.74, 6) is -0.0196. The van der Waals surface area contributed by atoms with Gasteiger partial charge in [-0.05, 0) is 23.8 Å². The Hall–Kier alpha value is -1.71. The van der Waals surface area contributed by atoms with Gasteiger partial charge in [0, 0.05) is 16.5 Å². The Morgan fingerprint density at radius 3 is 2.29 bits per heavy atom. The van der Waals surface area contributed by atoms with Crippen LogP contribution in [0.4, 0.5) is 0 Å². The van der Waals surface area contributed by atoms with E-state index in [9.17, 15) is 4.79 Å². The summed E-state index contributed by atoms with van der Waals surface area (Å²) >= 11 is 11.9. The molecule has 0 radical (unpaired) electrons. The van der Waals surface area contributed by atoms with Gasteiger partial charge >= 0.3 is 5.97 Å². The van der Waals surface area contributed by atoms with Crippen LogP contribution in [0.25, 0.3) is 0 Å². The van der Waals surface area contributed by atoms with Crippen molar-refractivity contribution in [1.82, 2.24) is 0 Å². The molecule has 110 valence electrons. The van der Waals surface area contributed by atoms with Crippen LogP contribution in [0.1, 0.15) is 5.56 Å². The molecule has 1 atom stereocenters. The third-order valence-corrected chi connectivity index (χ3v) is 3.28. The Kier molecular flexibility index (Phi) is 5.48. The molecule has 0 saturated carbocycles. The lowest BCUT2D eigenvalue weighted by molar-refractivity contribution is -0.148. The molecule has 2 rings (SSSR count). The predicted octanol–water partition coefficient (Wildman–Crippen LogP) is 4.16. The molecule has 0 amide bonds. The smallest absolute Gasteiger partial charge is 0.347 e. The molecule has 2 aromatic carbocycles. The first-order chi connectivity index (χ1) is 10.1. The summed E-state index contributed by atoms with van der Waals surface area (Å²) in [6.07, 6.45) is -0.357. The monoisotopic (exact) mass is 324 g/mol. The van der Waals surface area contributed by atoms with Gasteiger partial charge in [0.25, 0.3) is 0 Å². The number of halogens is 2. The zero-order chi connectivity index (χ0) is 15.2. The number of ether oxygens (including phenoxy) is 2. The van der Waals surface area contributed by atoms with E-state index in [1.165, 1.54) is 7.11 Å². The lowest BCUT2D eigenvalue weighted by Crippen LogP contribution is -2.30. The van der Waals surface area contributed by atoms with Crippen molar-refractivity contribution in [2.75, 3.05) is 7.11 Å². The lowest BCUT2D eigenvalue weighted by atomic mass is 10.1. The topological polar surface area (TPSA) is 35.5 Å². The van der Waals surface area contributed by atoms with Crippen molar-refractivity contribution in [3.63, 3.8) is 0 Å². The summed E-state index contributed by atoms with van der Waals surface area (Å²) in [6, 6.07) is 14.4. The van der Waals surface area contributed by atoms with Crippen molar-refractivity contribution < 1.29 is 14.3 Å². The summed E-state index contributed by atoms with van der Waals surface area (Å²) in [5.41, 5.74) is 0.973. The van der Waals surface area contributed by atoms with Crippen molar-refractivity contribution >= 4 is 29.2 Å². The van der Waals surface area contributed by atoms with Crippen LogP contribution in [0, 0.1) is 0 Å². The Bertz CT molecular complexity index is 594. The molecule has 0 aliphatic rings. The van der Waals surface area contributed by atoms with Gasteiger partial charge in [-0.1, -0.05) is 53.5 Å². The van der Waals surface area contributed by atoms with E-state index in [1.807, 2.05) is 30.3 Å². The number of hydrogen-bond donors (Lipinski definition) is 0.